The number of ketones is 1. The Morgan fingerprint density at radius 1 is 1.41 bits per heavy atom. The van der Waals surface area contributed by atoms with Crippen LogP contribution in [0.15, 0.2) is 36.4 Å². The number of allylic oxidation sites excluding steroid dienone is 1. The fourth-order valence-corrected chi connectivity index (χ4v) is 4.09. The molecule has 2 aliphatic rings. The van der Waals surface area contributed by atoms with Crippen molar-refractivity contribution in [2.75, 3.05) is 6.54 Å². The number of carbonyl (C=O) groups excluding carboxylic acids is 1. The van der Waals surface area contributed by atoms with E-state index in [9.17, 15) is 9.90 Å². The van der Waals surface area contributed by atoms with Gasteiger partial charge in [0.2, 0.25) is 5.78 Å². The summed E-state index contributed by atoms with van der Waals surface area (Å²) in [5.74, 6) is 0.529. The predicted octanol–water partition coefficient (Wildman–Crippen LogP) is 2.04. The molecule has 0 radical (unpaired) electrons. The van der Waals surface area contributed by atoms with Gasteiger partial charge < -0.3 is 14.7 Å². The Morgan fingerprint density at radius 2 is 2.26 bits per heavy atom. The lowest BCUT2D eigenvalue weighted by Gasteiger charge is -2.32. The SMILES string of the molecule is Cc1cc([O-])c(C[NH+]2CCCCC2C)c2c1C(=O)C(=Cc1cccnc1)O2. The fraction of sp³-hybridized carbons (Fsp3) is 0.364. The Kier molecular flexibility index (Phi) is 4.70. The average molecular weight is 364 g/mol. The van der Waals surface area contributed by atoms with E-state index in [0.717, 1.165) is 12.1 Å². The molecule has 0 aliphatic carbocycles. The second kappa shape index (κ2) is 7.16. The number of piperidine rings is 1. The van der Waals surface area contributed by atoms with E-state index in [1.807, 2.05) is 12.1 Å². The first kappa shape index (κ1) is 17.7. The molecule has 0 spiro atoms. The molecule has 2 aromatic rings. The van der Waals surface area contributed by atoms with E-state index in [0.29, 0.717) is 35.0 Å². The van der Waals surface area contributed by atoms with Crippen molar-refractivity contribution >= 4 is 11.9 Å². The summed E-state index contributed by atoms with van der Waals surface area (Å²) in [5, 5.41) is 12.7. The maximum absolute atomic E-state index is 12.9. The third kappa shape index (κ3) is 3.35. The first-order valence-corrected chi connectivity index (χ1v) is 9.57. The largest absolute Gasteiger partial charge is 0.872 e. The van der Waals surface area contributed by atoms with Gasteiger partial charge in [0, 0.05) is 18.0 Å². The second-order valence-corrected chi connectivity index (χ2v) is 7.58. The van der Waals surface area contributed by atoms with Gasteiger partial charge in [0.05, 0.1) is 18.2 Å². The van der Waals surface area contributed by atoms with Gasteiger partial charge in [-0.3, -0.25) is 9.78 Å². The van der Waals surface area contributed by atoms with Crippen LogP contribution < -0.4 is 14.7 Å². The maximum atomic E-state index is 12.9. The number of rotatable bonds is 3. The molecule has 2 unspecified atom stereocenters. The first-order valence-electron chi connectivity index (χ1n) is 9.57. The lowest BCUT2D eigenvalue weighted by atomic mass is 9.97. The minimum atomic E-state index is -0.158. The zero-order chi connectivity index (χ0) is 19.0. The van der Waals surface area contributed by atoms with Crippen LogP contribution in [0.3, 0.4) is 0 Å². The molecule has 0 saturated carbocycles. The standard InChI is InChI=1S/C22H24N2O3/c1-14-10-18(25)17(13-24-9-4-3-6-15(24)2)22-20(14)21(26)19(27-22)11-16-7-5-8-23-12-16/h5,7-8,10-12,15,25H,3-4,6,9,13H2,1-2H3. The number of ether oxygens (including phenoxy) is 1. The molecule has 5 heteroatoms. The molecule has 0 bridgehead atoms. The summed E-state index contributed by atoms with van der Waals surface area (Å²) in [6.07, 6.45) is 8.65. The van der Waals surface area contributed by atoms with Crippen LogP contribution in [0.2, 0.25) is 0 Å². The van der Waals surface area contributed by atoms with Gasteiger partial charge in [0.15, 0.2) is 5.76 Å². The molecule has 1 aromatic heterocycles. The molecule has 1 aromatic carbocycles. The number of nitrogens with zero attached hydrogens (tertiary/aromatic N) is 1. The van der Waals surface area contributed by atoms with E-state index < -0.39 is 0 Å². The molecule has 5 nitrogen and oxygen atoms in total. The highest BCUT2D eigenvalue weighted by atomic mass is 16.5. The summed E-state index contributed by atoms with van der Waals surface area (Å²) >= 11 is 0. The van der Waals surface area contributed by atoms with Crippen molar-refractivity contribution in [2.45, 2.75) is 45.7 Å². The minimum Gasteiger partial charge on any atom is -0.872 e. The Morgan fingerprint density at radius 3 is 3.00 bits per heavy atom. The molecule has 4 rings (SSSR count). The third-order valence-electron chi connectivity index (χ3n) is 5.67. The van der Waals surface area contributed by atoms with E-state index in [2.05, 4.69) is 11.9 Å². The van der Waals surface area contributed by atoms with Gasteiger partial charge in [-0.1, -0.05) is 17.9 Å². The molecular weight excluding hydrogens is 340 g/mol. The van der Waals surface area contributed by atoms with Crippen LogP contribution in [-0.4, -0.2) is 23.4 Å². The summed E-state index contributed by atoms with van der Waals surface area (Å²) in [7, 11) is 0. The Labute approximate surface area is 159 Å². The zero-order valence-corrected chi connectivity index (χ0v) is 15.7. The van der Waals surface area contributed by atoms with Crippen molar-refractivity contribution < 1.29 is 19.5 Å². The molecule has 2 atom stereocenters. The number of aromatic nitrogens is 1. The van der Waals surface area contributed by atoms with Gasteiger partial charge in [-0.05, 0) is 56.4 Å². The molecule has 27 heavy (non-hydrogen) atoms. The second-order valence-electron chi connectivity index (χ2n) is 7.58. The molecule has 1 saturated heterocycles. The van der Waals surface area contributed by atoms with Gasteiger partial charge in [-0.15, -0.1) is 0 Å². The van der Waals surface area contributed by atoms with E-state index in [4.69, 9.17) is 4.74 Å². The predicted molar refractivity (Wildman–Crippen MR) is 101 cm³/mol. The number of Topliss-reactive ketones (excluding diaryl/α,β-unsaturated/α-hetero) is 1. The summed E-state index contributed by atoms with van der Waals surface area (Å²) in [6.45, 7) is 5.69. The Hall–Kier alpha value is -2.66. The minimum absolute atomic E-state index is 0.0352. The number of fused-ring (bicyclic) bond motifs is 1. The van der Waals surface area contributed by atoms with Crippen LogP contribution in [0.1, 0.15) is 53.2 Å². The van der Waals surface area contributed by atoms with Gasteiger partial charge >= 0.3 is 0 Å². The van der Waals surface area contributed by atoms with E-state index in [1.165, 1.54) is 24.2 Å². The smallest absolute Gasteiger partial charge is 0.232 e. The number of pyridine rings is 1. The molecular formula is C22H24N2O3. The van der Waals surface area contributed by atoms with Crippen molar-refractivity contribution in [1.82, 2.24) is 4.98 Å². The third-order valence-corrected chi connectivity index (χ3v) is 5.67. The van der Waals surface area contributed by atoms with Crippen molar-refractivity contribution in [1.29, 1.82) is 0 Å². The van der Waals surface area contributed by atoms with Gasteiger partial charge in [0.1, 0.15) is 12.3 Å². The fourth-order valence-electron chi connectivity index (χ4n) is 4.09. The highest BCUT2D eigenvalue weighted by molar-refractivity contribution is 6.15. The van der Waals surface area contributed by atoms with Crippen molar-refractivity contribution in [3.8, 4) is 11.5 Å². The first-order chi connectivity index (χ1) is 13.0. The molecule has 3 heterocycles. The summed E-state index contributed by atoms with van der Waals surface area (Å²) in [4.78, 5) is 18.4. The number of nitrogens with one attached hydrogen (secondary N) is 1. The highest BCUT2D eigenvalue weighted by Gasteiger charge is 2.33. The monoisotopic (exact) mass is 364 g/mol. The number of hydrogen-bond acceptors (Lipinski definition) is 4. The number of carbonyl (C=O) groups is 1. The van der Waals surface area contributed by atoms with Crippen molar-refractivity contribution in [3.63, 3.8) is 0 Å². The van der Waals surface area contributed by atoms with Crippen LogP contribution >= 0.6 is 0 Å². The number of hydrogen-bond donors (Lipinski definition) is 1. The molecule has 0 amide bonds. The van der Waals surface area contributed by atoms with Crippen LogP contribution in [0, 0.1) is 6.92 Å². The van der Waals surface area contributed by atoms with Crippen LogP contribution in [0.5, 0.6) is 11.5 Å². The molecule has 140 valence electrons. The molecule has 1 N–H and O–H groups in total. The molecule has 2 aliphatic heterocycles. The number of aryl methyl sites for hydroxylation is 1. The van der Waals surface area contributed by atoms with Crippen LogP contribution in [-0.2, 0) is 6.54 Å². The highest BCUT2D eigenvalue weighted by Crippen LogP contribution is 2.40. The zero-order valence-electron chi connectivity index (χ0n) is 15.7. The lowest BCUT2D eigenvalue weighted by Crippen LogP contribution is -3.14. The van der Waals surface area contributed by atoms with Crippen molar-refractivity contribution in [2.24, 2.45) is 0 Å². The number of benzene rings is 1. The van der Waals surface area contributed by atoms with Gasteiger partial charge in [-0.25, -0.2) is 0 Å². The van der Waals surface area contributed by atoms with Crippen molar-refractivity contribution in [3.05, 3.63) is 58.6 Å². The number of likely N-dealkylation sites (tertiary alicyclic amines) is 1. The van der Waals surface area contributed by atoms with Crippen LogP contribution in [0.4, 0.5) is 0 Å². The van der Waals surface area contributed by atoms with Crippen LogP contribution in [0.25, 0.3) is 6.08 Å². The lowest BCUT2D eigenvalue weighted by molar-refractivity contribution is -0.942. The normalized spacial score (nSPS) is 23.3. The quantitative estimate of drug-likeness (QED) is 0.847. The summed E-state index contributed by atoms with van der Waals surface area (Å²) in [5.41, 5.74) is 2.64. The maximum Gasteiger partial charge on any atom is 0.232 e. The van der Waals surface area contributed by atoms with E-state index in [-0.39, 0.29) is 17.3 Å². The van der Waals surface area contributed by atoms with Gasteiger partial charge in [0.25, 0.3) is 0 Å². The summed E-state index contributed by atoms with van der Waals surface area (Å²) < 4.78 is 5.96. The Bertz CT molecular complexity index is 906. The Balaban J connectivity index is 1.71. The van der Waals surface area contributed by atoms with Gasteiger partial charge in [-0.2, -0.15) is 0 Å². The summed E-state index contributed by atoms with van der Waals surface area (Å²) in [6, 6.07) is 5.77. The van der Waals surface area contributed by atoms with E-state index in [1.54, 1.807) is 31.5 Å². The number of quaternary nitrogens is 1. The van der Waals surface area contributed by atoms with E-state index >= 15 is 0 Å². The molecule has 1 fully saturated rings. The topological polar surface area (TPSA) is 66.7 Å². The average Bonchev–Trinajstić information content (AvgIpc) is 2.97.